The molecule has 0 aliphatic carbocycles. The van der Waals surface area contributed by atoms with Gasteiger partial charge in [-0.15, -0.1) is 0 Å². The Balaban J connectivity index is 2.03. The largest absolute Gasteiger partial charge is 0.488 e. The van der Waals surface area contributed by atoms with E-state index in [0.29, 0.717) is 22.4 Å². The maximum absolute atomic E-state index is 12.7. The number of rotatable bonds is 6. The van der Waals surface area contributed by atoms with Crippen molar-refractivity contribution in [3.05, 3.63) is 76.3 Å². The summed E-state index contributed by atoms with van der Waals surface area (Å²) in [5.74, 6) is -0.118. The van der Waals surface area contributed by atoms with Gasteiger partial charge < -0.3 is 4.74 Å². The van der Waals surface area contributed by atoms with Gasteiger partial charge >= 0.3 is 6.18 Å². The van der Waals surface area contributed by atoms with Gasteiger partial charge in [-0.1, -0.05) is 18.7 Å². The summed E-state index contributed by atoms with van der Waals surface area (Å²) in [5, 5.41) is 3.76. The zero-order chi connectivity index (χ0) is 19.2. The van der Waals surface area contributed by atoms with Crippen molar-refractivity contribution in [1.29, 1.82) is 0 Å². The number of benzene rings is 2. The highest BCUT2D eigenvalue weighted by molar-refractivity contribution is 9.10. The monoisotopic (exact) mass is 426 g/mol. The van der Waals surface area contributed by atoms with Crippen LogP contribution in [0.2, 0.25) is 0 Å². The van der Waals surface area contributed by atoms with Crippen LogP contribution in [-0.2, 0) is 6.18 Å². The fraction of sp³-hybridized carbons (Fsp3) is 0.111. The van der Waals surface area contributed by atoms with Crippen molar-refractivity contribution in [1.82, 2.24) is 5.43 Å². The molecule has 0 spiro atoms. The molecule has 2 aromatic rings. The second-order valence-electron chi connectivity index (χ2n) is 5.07. The Morgan fingerprint density at radius 2 is 2.04 bits per heavy atom. The molecular weight excluding hydrogens is 413 g/mol. The standard InChI is InChI=1S/C18H14BrF3N2O2/c1-2-8-26-16-7-6-12(9-15(16)19)11-23-24-17(25)13-4-3-5-14(10-13)18(20,21)22/h2-7,9-11H,1,8H2,(H,24,25). The SMILES string of the molecule is C=CCOc1ccc(C=NNC(=O)c2cccc(C(F)(F)F)c2)cc1Br. The Morgan fingerprint density at radius 1 is 1.27 bits per heavy atom. The van der Waals surface area contributed by atoms with E-state index >= 15 is 0 Å². The number of alkyl halides is 3. The van der Waals surface area contributed by atoms with Gasteiger partial charge in [0.15, 0.2) is 0 Å². The molecule has 1 N–H and O–H groups in total. The molecule has 1 amide bonds. The predicted octanol–water partition coefficient (Wildman–Crippen LogP) is 4.80. The fourth-order valence-electron chi connectivity index (χ4n) is 1.93. The molecule has 0 aromatic heterocycles. The summed E-state index contributed by atoms with van der Waals surface area (Å²) >= 11 is 3.35. The molecular formula is C18H14BrF3N2O2. The zero-order valence-corrected chi connectivity index (χ0v) is 15.0. The highest BCUT2D eigenvalue weighted by atomic mass is 79.9. The quantitative estimate of drug-likeness (QED) is 0.409. The number of nitrogens with zero attached hydrogens (tertiary/aromatic N) is 1. The molecule has 0 bridgehead atoms. The van der Waals surface area contributed by atoms with E-state index in [9.17, 15) is 18.0 Å². The Kier molecular flexibility index (Phi) is 6.57. The summed E-state index contributed by atoms with van der Waals surface area (Å²) in [4.78, 5) is 11.9. The Hall–Kier alpha value is -2.61. The van der Waals surface area contributed by atoms with Gasteiger partial charge in [0.2, 0.25) is 0 Å². The molecule has 0 heterocycles. The number of ether oxygens (including phenoxy) is 1. The van der Waals surface area contributed by atoms with Gasteiger partial charge in [-0.05, 0) is 57.9 Å². The van der Waals surface area contributed by atoms with Gasteiger partial charge in [0.05, 0.1) is 16.3 Å². The van der Waals surface area contributed by atoms with Crippen LogP contribution in [0.5, 0.6) is 5.75 Å². The van der Waals surface area contributed by atoms with Crippen molar-refractivity contribution in [3.63, 3.8) is 0 Å². The second kappa shape index (κ2) is 8.66. The smallest absolute Gasteiger partial charge is 0.416 e. The van der Waals surface area contributed by atoms with Gasteiger partial charge in [-0.3, -0.25) is 4.79 Å². The molecule has 0 aliphatic rings. The summed E-state index contributed by atoms with van der Waals surface area (Å²) in [5.41, 5.74) is 1.83. The topological polar surface area (TPSA) is 50.7 Å². The number of hydrogen-bond donors (Lipinski definition) is 1. The number of carbonyl (C=O) groups is 1. The van der Waals surface area contributed by atoms with Gasteiger partial charge in [-0.25, -0.2) is 5.43 Å². The van der Waals surface area contributed by atoms with Crippen molar-refractivity contribution in [3.8, 4) is 5.75 Å². The third-order valence-corrected chi connectivity index (χ3v) is 3.76. The highest BCUT2D eigenvalue weighted by Gasteiger charge is 2.30. The third kappa shape index (κ3) is 5.45. The van der Waals surface area contributed by atoms with E-state index in [2.05, 4.69) is 33.0 Å². The van der Waals surface area contributed by atoms with Crippen LogP contribution in [0.1, 0.15) is 21.5 Å². The molecule has 0 saturated carbocycles. The molecule has 0 saturated heterocycles. The lowest BCUT2D eigenvalue weighted by Crippen LogP contribution is -2.18. The van der Waals surface area contributed by atoms with E-state index in [1.807, 2.05) is 0 Å². The lowest BCUT2D eigenvalue weighted by Gasteiger charge is -2.08. The molecule has 4 nitrogen and oxygen atoms in total. The summed E-state index contributed by atoms with van der Waals surface area (Å²) < 4.78 is 44.1. The summed E-state index contributed by atoms with van der Waals surface area (Å²) in [6.07, 6.45) is -1.53. The minimum absolute atomic E-state index is 0.133. The second-order valence-corrected chi connectivity index (χ2v) is 5.92. The van der Waals surface area contributed by atoms with Gasteiger partial charge in [0.1, 0.15) is 12.4 Å². The number of halogens is 4. The Morgan fingerprint density at radius 3 is 2.69 bits per heavy atom. The van der Waals surface area contributed by atoms with Crippen molar-refractivity contribution < 1.29 is 22.7 Å². The van der Waals surface area contributed by atoms with Gasteiger partial charge in [0, 0.05) is 5.56 Å². The predicted molar refractivity (Wildman–Crippen MR) is 96.3 cm³/mol. The van der Waals surface area contributed by atoms with Crippen LogP contribution in [0.15, 0.2) is 64.7 Å². The first-order valence-electron chi connectivity index (χ1n) is 7.35. The minimum Gasteiger partial charge on any atom is -0.488 e. The van der Waals surface area contributed by atoms with Crippen molar-refractivity contribution in [2.45, 2.75) is 6.18 Å². The molecule has 0 unspecified atom stereocenters. The average Bonchev–Trinajstić information content (AvgIpc) is 2.60. The highest BCUT2D eigenvalue weighted by Crippen LogP contribution is 2.29. The van der Waals surface area contributed by atoms with Crippen LogP contribution in [-0.4, -0.2) is 18.7 Å². The third-order valence-electron chi connectivity index (χ3n) is 3.14. The Bertz CT molecular complexity index is 835. The molecule has 0 atom stereocenters. The molecule has 0 aliphatic heterocycles. The zero-order valence-electron chi connectivity index (χ0n) is 13.4. The number of hydrazone groups is 1. The van der Waals surface area contributed by atoms with Crippen LogP contribution in [0.3, 0.4) is 0 Å². The lowest BCUT2D eigenvalue weighted by atomic mass is 10.1. The number of nitrogens with one attached hydrogen (secondary N) is 1. The maximum atomic E-state index is 12.7. The normalized spacial score (nSPS) is 11.4. The van der Waals surface area contributed by atoms with Crippen LogP contribution in [0, 0.1) is 0 Å². The molecule has 0 fully saturated rings. The van der Waals surface area contributed by atoms with E-state index in [4.69, 9.17) is 4.74 Å². The fourth-order valence-corrected chi connectivity index (χ4v) is 2.44. The summed E-state index contributed by atoms with van der Waals surface area (Å²) in [6, 6.07) is 9.26. The van der Waals surface area contributed by atoms with E-state index < -0.39 is 17.6 Å². The van der Waals surface area contributed by atoms with Crippen molar-refractivity contribution in [2.24, 2.45) is 5.10 Å². The van der Waals surface area contributed by atoms with Crippen molar-refractivity contribution in [2.75, 3.05) is 6.61 Å². The van der Waals surface area contributed by atoms with E-state index in [-0.39, 0.29) is 5.56 Å². The number of carbonyl (C=O) groups excluding carboxylic acids is 1. The molecule has 8 heteroatoms. The number of hydrogen-bond acceptors (Lipinski definition) is 3. The Labute approximate surface area is 156 Å². The average molecular weight is 427 g/mol. The van der Waals surface area contributed by atoms with Crippen molar-refractivity contribution >= 4 is 28.1 Å². The molecule has 2 aromatic carbocycles. The first-order chi connectivity index (χ1) is 12.3. The number of amides is 1. The van der Waals surface area contributed by atoms with Gasteiger partial charge in [0.25, 0.3) is 5.91 Å². The van der Waals surface area contributed by atoms with Gasteiger partial charge in [-0.2, -0.15) is 18.3 Å². The van der Waals surface area contributed by atoms with Crippen LogP contribution in [0.25, 0.3) is 0 Å². The maximum Gasteiger partial charge on any atom is 0.416 e. The lowest BCUT2D eigenvalue weighted by molar-refractivity contribution is -0.137. The first-order valence-corrected chi connectivity index (χ1v) is 8.14. The molecule has 26 heavy (non-hydrogen) atoms. The minimum atomic E-state index is -4.51. The van der Waals surface area contributed by atoms with E-state index in [0.717, 1.165) is 12.1 Å². The molecule has 2 rings (SSSR count). The van der Waals surface area contributed by atoms with Crippen LogP contribution < -0.4 is 10.2 Å². The summed E-state index contributed by atoms with van der Waals surface area (Å²) in [6.45, 7) is 3.92. The molecule has 136 valence electrons. The van der Waals surface area contributed by atoms with E-state index in [1.165, 1.54) is 18.3 Å². The van der Waals surface area contributed by atoms with E-state index in [1.54, 1.807) is 24.3 Å². The van der Waals surface area contributed by atoms with Crippen LogP contribution in [0.4, 0.5) is 13.2 Å². The van der Waals surface area contributed by atoms with Crippen LogP contribution >= 0.6 is 15.9 Å². The molecule has 0 radical (unpaired) electrons. The summed E-state index contributed by atoms with van der Waals surface area (Å²) in [7, 11) is 0. The first kappa shape index (κ1) is 19.7.